The maximum atomic E-state index is 13.2. The van der Waals surface area contributed by atoms with Gasteiger partial charge in [-0.2, -0.15) is 0 Å². The summed E-state index contributed by atoms with van der Waals surface area (Å²) in [4.78, 5) is 12.1. The van der Waals surface area contributed by atoms with Gasteiger partial charge in [-0.3, -0.25) is 4.79 Å². The number of nitrogens with one attached hydrogen (secondary N) is 1. The van der Waals surface area contributed by atoms with Crippen molar-refractivity contribution >= 4 is 46.6 Å². The van der Waals surface area contributed by atoms with E-state index in [2.05, 4.69) is 15.5 Å². The largest absolute Gasteiger partial charge is 0.486 e. The van der Waals surface area contributed by atoms with Crippen molar-refractivity contribution in [2.75, 3.05) is 11.1 Å². The van der Waals surface area contributed by atoms with Gasteiger partial charge in [-0.25, -0.2) is 4.39 Å². The summed E-state index contributed by atoms with van der Waals surface area (Å²) in [7, 11) is 1.77. The molecule has 0 unspecified atom stereocenters. The standard InChI is InChI=1S/C18H15Cl2FN4O2S/c1-25-16(9-27-11-6-7-14(21)13(20)8-11)23-24-18(25)28-10-17(26)22-15-5-3-2-4-12(15)19/h2-8H,9-10H2,1H3,(H,22,26). The average Bonchev–Trinajstić information content (AvgIpc) is 3.03. The molecule has 0 aliphatic carbocycles. The highest BCUT2D eigenvalue weighted by molar-refractivity contribution is 7.99. The van der Waals surface area contributed by atoms with Crippen molar-refractivity contribution in [3.8, 4) is 5.75 Å². The minimum Gasteiger partial charge on any atom is -0.486 e. The fourth-order valence-electron chi connectivity index (χ4n) is 2.19. The lowest BCUT2D eigenvalue weighted by Crippen LogP contribution is -2.14. The molecule has 1 N–H and O–H groups in total. The van der Waals surface area contributed by atoms with Gasteiger partial charge >= 0.3 is 0 Å². The smallest absolute Gasteiger partial charge is 0.234 e. The van der Waals surface area contributed by atoms with E-state index >= 15 is 0 Å². The highest BCUT2D eigenvalue weighted by Gasteiger charge is 2.13. The van der Waals surface area contributed by atoms with Gasteiger partial charge in [0, 0.05) is 13.1 Å². The zero-order chi connectivity index (χ0) is 20.1. The third-order valence-corrected chi connectivity index (χ3v) is 5.30. The van der Waals surface area contributed by atoms with Crippen LogP contribution in [0.2, 0.25) is 10.0 Å². The Hall–Kier alpha value is -2.29. The van der Waals surface area contributed by atoms with Crippen LogP contribution in [-0.4, -0.2) is 26.4 Å². The number of ether oxygens (including phenoxy) is 1. The normalized spacial score (nSPS) is 10.7. The summed E-state index contributed by atoms with van der Waals surface area (Å²) in [5.41, 5.74) is 0.555. The van der Waals surface area contributed by atoms with Crippen molar-refractivity contribution in [3.05, 3.63) is 64.2 Å². The van der Waals surface area contributed by atoms with Gasteiger partial charge in [-0.15, -0.1) is 10.2 Å². The van der Waals surface area contributed by atoms with E-state index in [0.717, 1.165) is 0 Å². The summed E-state index contributed by atoms with van der Waals surface area (Å²) < 4.78 is 20.5. The Kier molecular flexibility index (Phi) is 6.77. The monoisotopic (exact) mass is 440 g/mol. The molecule has 6 nitrogen and oxygen atoms in total. The molecular weight excluding hydrogens is 426 g/mol. The number of amides is 1. The Bertz CT molecular complexity index is 999. The van der Waals surface area contributed by atoms with E-state index in [1.165, 1.54) is 30.0 Å². The number of halogens is 3. The van der Waals surface area contributed by atoms with Gasteiger partial charge in [0.05, 0.1) is 21.5 Å². The molecule has 1 amide bonds. The second-order valence-electron chi connectivity index (χ2n) is 5.64. The van der Waals surface area contributed by atoms with Crippen molar-refractivity contribution in [3.63, 3.8) is 0 Å². The van der Waals surface area contributed by atoms with E-state index in [-0.39, 0.29) is 23.3 Å². The van der Waals surface area contributed by atoms with E-state index in [1.807, 2.05) is 0 Å². The van der Waals surface area contributed by atoms with E-state index in [4.69, 9.17) is 27.9 Å². The molecule has 1 heterocycles. The fraction of sp³-hybridized carbons (Fsp3) is 0.167. The SMILES string of the molecule is Cn1c(COc2ccc(F)c(Cl)c2)nnc1SCC(=O)Nc1ccccc1Cl. The van der Waals surface area contributed by atoms with E-state index < -0.39 is 5.82 Å². The molecule has 0 saturated heterocycles. The van der Waals surface area contributed by atoms with Crippen LogP contribution < -0.4 is 10.1 Å². The Balaban J connectivity index is 1.54. The second kappa shape index (κ2) is 9.27. The molecule has 0 atom stereocenters. The lowest BCUT2D eigenvalue weighted by molar-refractivity contribution is -0.113. The summed E-state index contributed by atoms with van der Waals surface area (Å²) in [6.07, 6.45) is 0. The second-order valence-corrected chi connectivity index (χ2v) is 7.40. The third-order valence-electron chi connectivity index (χ3n) is 3.66. The maximum Gasteiger partial charge on any atom is 0.234 e. The van der Waals surface area contributed by atoms with E-state index in [0.29, 0.717) is 27.4 Å². The molecule has 3 rings (SSSR count). The molecule has 0 aliphatic heterocycles. The van der Waals surface area contributed by atoms with Crippen LogP contribution in [0.25, 0.3) is 0 Å². The summed E-state index contributed by atoms with van der Waals surface area (Å²) >= 11 is 13.0. The number of hydrogen-bond acceptors (Lipinski definition) is 5. The number of aromatic nitrogens is 3. The Morgan fingerprint density at radius 2 is 2.00 bits per heavy atom. The molecule has 0 fully saturated rings. The molecule has 146 valence electrons. The number of para-hydroxylation sites is 1. The average molecular weight is 441 g/mol. The van der Waals surface area contributed by atoms with Gasteiger partial charge in [0.15, 0.2) is 11.0 Å². The number of anilines is 1. The molecule has 0 aliphatic rings. The molecule has 0 spiro atoms. The van der Waals surface area contributed by atoms with Crippen LogP contribution in [0, 0.1) is 5.82 Å². The Labute approximate surface area is 175 Å². The number of hydrogen-bond donors (Lipinski definition) is 1. The molecule has 3 aromatic rings. The first-order chi connectivity index (χ1) is 13.4. The van der Waals surface area contributed by atoms with Gasteiger partial charge in [-0.1, -0.05) is 47.1 Å². The summed E-state index contributed by atoms with van der Waals surface area (Å²) in [6, 6.07) is 11.1. The fourth-order valence-corrected chi connectivity index (χ4v) is 3.27. The van der Waals surface area contributed by atoms with Crippen LogP contribution >= 0.6 is 35.0 Å². The molecule has 10 heteroatoms. The third kappa shape index (κ3) is 5.15. The summed E-state index contributed by atoms with van der Waals surface area (Å²) in [6.45, 7) is 0.123. The van der Waals surface area contributed by atoms with Gasteiger partial charge < -0.3 is 14.6 Å². The molecule has 0 bridgehead atoms. The van der Waals surface area contributed by atoms with E-state index in [1.54, 1.807) is 35.9 Å². The van der Waals surface area contributed by atoms with Crippen LogP contribution in [-0.2, 0) is 18.4 Å². The molecule has 0 radical (unpaired) electrons. The zero-order valence-corrected chi connectivity index (χ0v) is 17.0. The van der Waals surface area contributed by atoms with Crippen LogP contribution in [0.5, 0.6) is 5.75 Å². The predicted molar refractivity (Wildman–Crippen MR) is 108 cm³/mol. The maximum absolute atomic E-state index is 13.2. The van der Waals surface area contributed by atoms with Crippen molar-refractivity contribution in [2.24, 2.45) is 7.05 Å². The van der Waals surface area contributed by atoms with Crippen LogP contribution in [0.15, 0.2) is 47.6 Å². The number of carbonyl (C=O) groups excluding carboxylic acids is 1. The predicted octanol–water partition coefficient (Wildman–Crippen LogP) is 4.57. The first-order valence-electron chi connectivity index (χ1n) is 8.07. The minimum absolute atomic E-state index is 0.0174. The molecule has 1 aromatic heterocycles. The Morgan fingerprint density at radius 1 is 1.21 bits per heavy atom. The van der Waals surface area contributed by atoms with Crippen LogP contribution in [0.4, 0.5) is 10.1 Å². The van der Waals surface area contributed by atoms with E-state index in [9.17, 15) is 9.18 Å². The number of carbonyl (C=O) groups is 1. The number of thioether (sulfide) groups is 1. The first kappa shape index (κ1) is 20.4. The van der Waals surface area contributed by atoms with Gasteiger partial charge in [-0.05, 0) is 24.3 Å². The zero-order valence-electron chi connectivity index (χ0n) is 14.7. The van der Waals surface area contributed by atoms with Gasteiger partial charge in [0.2, 0.25) is 5.91 Å². The number of nitrogens with zero attached hydrogens (tertiary/aromatic N) is 3. The molecule has 0 saturated carbocycles. The topological polar surface area (TPSA) is 69.0 Å². The van der Waals surface area contributed by atoms with Crippen LogP contribution in [0.3, 0.4) is 0 Å². The Morgan fingerprint density at radius 3 is 2.75 bits per heavy atom. The quantitative estimate of drug-likeness (QED) is 0.544. The highest BCUT2D eigenvalue weighted by atomic mass is 35.5. The van der Waals surface area contributed by atoms with Crippen molar-refractivity contribution < 1.29 is 13.9 Å². The van der Waals surface area contributed by atoms with Gasteiger partial charge in [0.25, 0.3) is 0 Å². The molecule has 28 heavy (non-hydrogen) atoms. The van der Waals surface area contributed by atoms with Crippen LogP contribution in [0.1, 0.15) is 5.82 Å². The van der Waals surface area contributed by atoms with Crippen molar-refractivity contribution in [2.45, 2.75) is 11.8 Å². The number of benzene rings is 2. The molecular formula is C18H15Cl2FN4O2S. The lowest BCUT2D eigenvalue weighted by atomic mass is 10.3. The molecule has 2 aromatic carbocycles. The summed E-state index contributed by atoms with van der Waals surface area (Å²) in [5.74, 6) is 0.393. The van der Waals surface area contributed by atoms with Crippen molar-refractivity contribution in [1.82, 2.24) is 14.8 Å². The van der Waals surface area contributed by atoms with Gasteiger partial charge in [0.1, 0.15) is 18.2 Å². The number of rotatable bonds is 7. The lowest BCUT2D eigenvalue weighted by Gasteiger charge is -2.08. The minimum atomic E-state index is -0.513. The highest BCUT2D eigenvalue weighted by Crippen LogP contribution is 2.23. The summed E-state index contributed by atoms with van der Waals surface area (Å²) in [5, 5.41) is 11.9. The first-order valence-corrected chi connectivity index (χ1v) is 9.81. The van der Waals surface area contributed by atoms with Crippen molar-refractivity contribution in [1.29, 1.82) is 0 Å².